The zero-order valence-corrected chi connectivity index (χ0v) is 10.1. The summed E-state index contributed by atoms with van der Waals surface area (Å²) in [7, 11) is 3.69. The lowest BCUT2D eigenvalue weighted by Gasteiger charge is -2.30. The third kappa shape index (κ3) is 1.70. The number of rotatable bonds is 2. The molecule has 2 atom stereocenters. The fraction of sp³-hybridized carbons (Fsp3) is 0.538. The number of likely N-dealkylation sites (N-methyl/N-ethyl adjacent to an activating group) is 1. The summed E-state index contributed by atoms with van der Waals surface area (Å²) in [6.07, 6.45) is 0.776. The molecule has 3 nitrogen and oxygen atoms in total. The monoisotopic (exact) mass is 221 g/mol. The van der Waals surface area contributed by atoms with E-state index in [2.05, 4.69) is 11.8 Å². The Balaban J connectivity index is 2.35. The molecule has 1 saturated heterocycles. The lowest BCUT2D eigenvalue weighted by Crippen LogP contribution is -2.38. The van der Waals surface area contributed by atoms with Gasteiger partial charge in [0.25, 0.3) is 0 Å². The molecule has 3 heteroatoms. The fourth-order valence-electron chi connectivity index (χ4n) is 2.39. The maximum absolute atomic E-state index is 10.7. The van der Waals surface area contributed by atoms with Crippen LogP contribution in [0.25, 0.3) is 0 Å². The van der Waals surface area contributed by atoms with Crippen molar-refractivity contribution in [3.63, 3.8) is 0 Å². The molecule has 1 fully saturated rings. The minimum Gasteiger partial charge on any atom is -0.497 e. The molecule has 1 aliphatic heterocycles. The Morgan fingerprint density at radius 3 is 2.81 bits per heavy atom. The van der Waals surface area contributed by atoms with E-state index in [4.69, 9.17) is 4.74 Å². The molecule has 0 saturated carbocycles. The summed E-state index contributed by atoms with van der Waals surface area (Å²) in [5.41, 5.74) is 0.201. The van der Waals surface area contributed by atoms with E-state index in [1.807, 2.05) is 31.3 Å². The lowest BCUT2D eigenvalue weighted by molar-refractivity contribution is 0.0107. The van der Waals surface area contributed by atoms with Crippen LogP contribution in [0.2, 0.25) is 0 Å². The molecule has 1 aromatic rings. The Morgan fingerprint density at radius 1 is 1.50 bits per heavy atom. The Morgan fingerprint density at radius 2 is 2.25 bits per heavy atom. The van der Waals surface area contributed by atoms with Crippen LogP contribution in [0.1, 0.15) is 18.9 Å². The van der Waals surface area contributed by atoms with E-state index >= 15 is 0 Å². The summed E-state index contributed by atoms with van der Waals surface area (Å²) in [6.45, 7) is 2.99. The average Bonchev–Trinajstić information content (AvgIpc) is 2.59. The zero-order chi connectivity index (χ0) is 11.8. The van der Waals surface area contributed by atoms with Gasteiger partial charge in [-0.2, -0.15) is 0 Å². The second-order valence-corrected chi connectivity index (χ2v) is 4.56. The molecule has 0 aromatic heterocycles. The minimum absolute atomic E-state index is 0.139. The van der Waals surface area contributed by atoms with E-state index in [9.17, 15) is 5.11 Å². The van der Waals surface area contributed by atoms with Crippen LogP contribution in [-0.2, 0) is 5.60 Å². The van der Waals surface area contributed by atoms with E-state index in [-0.39, 0.29) is 6.04 Å². The maximum atomic E-state index is 10.7. The fourth-order valence-corrected chi connectivity index (χ4v) is 2.39. The first-order valence-corrected chi connectivity index (χ1v) is 5.65. The smallest absolute Gasteiger partial charge is 0.119 e. The van der Waals surface area contributed by atoms with Gasteiger partial charge in [-0.3, -0.25) is 0 Å². The Kier molecular flexibility index (Phi) is 2.91. The van der Waals surface area contributed by atoms with Crippen molar-refractivity contribution in [2.45, 2.75) is 25.0 Å². The van der Waals surface area contributed by atoms with Gasteiger partial charge >= 0.3 is 0 Å². The van der Waals surface area contributed by atoms with Gasteiger partial charge in [-0.1, -0.05) is 12.1 Å². The summed E-state index contributed by atoms with van der Waals surface area (Å²) in [4.78, 5) is 2.18. The molecule has 0 unspecified atom stereocenters. The number of benzene rings is 1. The largest absolute Gasteiger partial charge is 0.497 e. The SMILES string of the molecule is COc1cccc([C@@]2(O)CCN(C)[C@@H]2C)c1. The summed E-state index contributed by atoms with van der Waals surface area (Å²) in [6, 6.07) is 7.86. The van der Waals surface area contributed by atoms with Crippen LogP contribution in [0.3, 0.4) is 0 Å². The van der Waals surface area contributed by atoms with E-state index in [1.165, 1.54) is 0 Å². The zero-order valence-electron chi connectivity index (χ0n) is 10.1. The van der Waals surface area contributed by atoms with Crippen molar-refractivity contribution in [1.29, 1.82) is 0 Å². The topological polar surface area (TPSA) is 32.7 Å². The minimum atomic E-state index is -0.747. The van der Waals surface area contributed by atoms with Gasteiger partial charge in [-0.05, 0) is 38.1 Å². The number of nitrogens with zero attached hydrogens (tertiary/aromatic N) is 1. The number of likely N-dealkylation sites (tertiary alicyclic amines) is 1. The number of methoxy groups -OCH3 is 1. The second kappa shape index (κ2) is 4.07. The van der Waals surface area contributed by atoms with Crippen LogP contribution in [0.5, 0.6) is 5.75 Å². The molecule has 88 valence electrons. The van der Waals surface area contributed by atoms with E-state index < -0.39 is 5.60 Å². The van der Waals surface area contributed by atoms with Gasteiger partial charge < -0.3 is 14.7 Å². The van der Waals surface area contributed by atoms with Gasteiger partial charge in [0.15, 0.2) is 0 Å². The van der Waals surface area contributed by atoms with Gasteiger partial charge in [0.1, 0.15) is 11.4 Å². The van der Waals surface area contributed by atoms with E-state index in [0.29, 0.717) is 0 Å². The highest BCUT2D eigenvalue weighted by Gasteiger charge is 2.43. The van der Waals surface area contributed by atoms with Crippen LogP contribution in [-0.4, -0.2) is 36.8 Å². The number of hydrogen-bond acceptors (Lipinski definition) is 3. The molecule has 1 aliphatic rings. The Labute approximate surface area is 96.6 Å². The number of hydrogen-bond donors (Lipinski definition) is 1. The number of aliphatic hydroxyl groups is 1. The lowest BCUT2D eigenvalue weighted by atomic mass is 9.87. The molecule has 0 aliphatic carbocycles. The van der Waals surface area contributed by atoms with Crippen molar-refractivity contribution in [3.8, 4) is 5.75 Å². The summed E-state index contributed by atoms with van der Waals surface area (Å²) >= 11 is 0. The molecule has 1 heterocycles. The first-order valence-electron chi connectivity index (χ1n) is 5.65. The van der Waals surface area contributed by atoms with Crippen molar-refractivity contribution < 1.29 is 9.84 Å². The molecular formula is C13H19NO2. The quantitative estimate of drug-likeness (QED) is 0.823. The van der Waals surface area contributed by atoms with Gasteiger partial charge in [0.05, 0.1) is 7.11 Å². The van der Waals surface area contributed by atoms with E-state index in [1.54, 1.807) is 7.11 Å². The van der Waals surface area contributed by atoms with E-state index in [0.717, 1.165) is 24.3 Å². The van der Waals surface area contributed by atoms with Crippen molar-refractivity contribution in [1.82, 2.24) is 4.90 Å². The highest BCUT2D eigenvalue weighted by atomic mass is 16.5. The molecule has 0 amide bonds. The number of ether oxygens (including phenoxy) is 1. The van der Waals surface area contributed by atoms with Crippen LogP contribution in [0, 0.1) is 0 Å². The first-order chi connectivity index (χ1) is 7.58. The van der Waals surface area contributed by atoms with Crippen molar-refractivity contribution in [3.05, 3.63) is 29.8 Å². The second-order valence-electron chi connectivity index (χ2n) is 4.56. The molecule has 16 heavy (non-hydrogen) atoms. The highest BCUT2D eigenvalue weighted by molar-refractivity contribution is 5.34. The van der Waals surface area contributed by atoms with Gasteiger partial charge in [-0.15, -0.1) is 0 Å². The molecule has 0 bridgehead atoms. The third-order valence-electron chi connectivity index (χ3n) is 3.77. The Bertz CT molecular complexity index is 380. The highest BCUT2D eigenvalue weighted by Crippen LogP contribution is 2.37. The molecule has 0 radical (unpaired) electrons. The van der Waals surface area contributed by atoms with Crippen LogP contribution >= 0.6 is 0 Å². The predicted octanol–water partition coefficient (Wildman–Crippen LogP) is 1.61. The van der Waals surface area contributed by atoms with Crippen molar-refractivity contribution >= 4 is 0 Å². The molecule has 2 rings (SSSR count). The van der Waals surface area contributed by atoms with Crippen molar-refractivity contribution in [2.75, 3.05) is 20.7 Å². The third-order valence-corrected chi connectivity index (χ3v) is 3.77. The molecule has 0 spiro atoms. The molecule has 1 aromatic carbocycles. The van der Waals surface area contributed by atoms with Gasteiger partial charge in [0, 0.05) is 12.6 Å². The normalized spacial score (nSPS) is 30.6. The predicted molar refractivity (Wildman–Crippen MR) is 63.6 cm³/mol. The van der Waals surface area contributed by atoms with Gasteiger partial charge in [-0.25, -0.2) is 0 Å². The van der Waals surface area contributed by atoms with Crippen LogP contribution in [0.4, 0.5) is 0 Å². The summed E-state index contributed by atoms with van der Waals surface area (Å²) < 4.78 is 5.20. The van der Waals surface area contributed by atoms with Gasteiger partial charge in [0.2, 0.25) is 0 Å². The summed E-state index contributed by atoms with van der Waals surface area (Å²) in [5, 5.41) is 10.7. The first kappa shape index (κ1) is 11.4. The Hall–Kier alpha value is -1.06. The maximum Gasteiger partial charge on any atom is 0.119 e. The standard InChI is InChI=1S/C13H19NO2/c1-10-13(15,7-8-14(10)2)11-5-4-6-12(9-11)16-3/h4-6,9-10,15H,7-8H2,1-3H3/t10-,13-/m1/s1. The van der Waals surface area contributed by atoms with Crippen LogP contribution in [0.15, 0.2) is 24.3 Å². The molecular weight excluding hydrogens is 202 g/mol. The summed E-state index contributed by atoms with van der Waals surface area (Å²) in [5.74, 6) is 0.799. The average molecular weight is 221 g/mol. The van der Waals surface area contributed by atoms with Crippen LogP contribution < -0.4 is 4.74 Å². The van der Waals surface area contributed by atoms with Crippen molar-refractivity contribution in [2.24, 2.45) is 0 Å². The molecule has 1 N–H and O–H groups in total.